The van der Waals surface area contributed by atoms with Crippen molar-refractivity contribution in [3.8, 4) is 0 Å². The first-order valence-corrected chi connectivity index (χ1v) is 9.85. The highest BCUT2D eigenvalue weighted by Gasteiger charge is 2.67. The van der Waals surface area contributed by atoms with Gasteiger partial charge in [0.2, 0.25) is 5.91 Å². The van der Waals surface area contributed by atoms with Crippen molar-refractivity contribution in [3.05, 3.63) is 0 Å². The third kappa shape index (κ3) is 2.55. The van der Waals surface area contributed by atoms with Gasteiger partial charge >= 0.3 is 0 Å². The lowest BCUT2D eigenvalue weighted by atomic mass is 9.53. The van der Waals surface area contributed by atoms with Crippen LogP contribution in [0.25, 0.3) is 0 Å². The average molecular weight is 318 g/mol. The molecule has 1 unspecified atom stereocenters. The highest BCUT2D eigenvalue weighted by atomic mass is 16.2. The van der Waals surface area contributed by atoms with E-state index in [1.807, 2.05) is 0 Å². The first-order chi connectivity index (χ1) is 10.5. The van der Waals surface area contributed by atoms with Crippen molar-refractivity contribution in [1.82, 2.24) is 5.32 Å². The molecule has 0 saturated heterocycles. The number of amides is 1. The summed E-state index contributed by atoms with van der Waals surface area (Å²) in [5, 5.41) is 3.67. The zero-order chi connectivity index (χ0) is 16.7. The normalized spacial score (nSPS) is 46.7. The van der Waals surface area contributed by atoms with Crippen LogP contribution in [0.2, 0.25) is 0 Å². The van der Waals surface area contributed by atoms with E-state index in [-0.39, 0.29) is 21.8 Å². The number of hydrogen-bond donors (Lipinski definition) is 1. The predicted octanol–water partition coefficient (Wildman–Crippen LogP) is 4.92. The molecule has 2 nitrogen and oxygen atoms in total. The van der Waals surface area contributed by atoms with Gasteiger partial charge in [0.05, 0.1) is 5.41 Å². The summed E-state index contributed by atoms with van der Waals surface area (Å²) < 4.78 is 0. The molecule has 23 heavy (non-hydrogen) atoms. The van der Waals surface area contributed by atoms with Gasteiger partial charge < -0.3 is 5.32 Å². The minimum absolute atomic E-state index is 0.116. The van der Waals surface area contributed by atoms with Crippen LogP contribution in [0.5, 0.6) is 0 Å². The highest BCUT2D eigenvalue weighted by Crippen LogP contribution is 2.68. The number of carbonyl (C=O) groups is 1. The Morgan fingerprint density at radius 3 is 1.78 bits per heavy atom. The summed E-state index contributed by atoms with van der Waals surface area (Å²) in [6.45, 7) is 11.4. The largest absolute Gasteiger partial charge is 0.350 e. The molecule has 4 bridgehead atoms. The lowest BCUT2D eigenvalue weighted by molar-refractivity contribution is -0.134. The topological polar surface area (TPSA) is 29.1 Å². The molecule has 1 N–H and O–H groups in total. The Bertz CT molecular complexity index is 491. The lowest BCUT2D eigenvalue weighted by Crippen LogP contribution is -2.61. The first kappa shape index (κ1) is 16.0. The zero-order valence-electron chi connectivity index (χ0n) is 15.8. The maximum atomic E-state index is 13.4. The van der Waals surface area contributed by atoms with E-state index in [9.17, 15) is 4.79 Å². The molecule has 1 amide bonds. The van der Waals surface area contributed by atoms with E-state index in [4.69, 9.17) is 0 Å². The molecule has 5 rings (SSSR count). The van der Waals surface area contributed by atoms with E-state index in [1.165, 1.54) is 38.5 Å². The molecule has 0 spiro atoms. The molecule has 0 radical (unpaired) electrons. The molecule has 5 aliphatic rings. The Labute approximate surface area is 142 Å². The Balaban J connectivity index is 1.53. The van der Waals surface area contributed by atoms with Crippen LogP contribution in [0.15, 0.2) is 0 Å². The van der Waals surface area contributed by atoms with Crippen molar-refractivity contribution < 1.29 is 4.79 Å². The summed E-state index contributed by atoms with van der Waals surface area (Å²) in [5.74, 6) is 3.08. The molecule has 0 aromatic heterocycles. The van der Waals surface area contributed by atoms with E-state index in [0.29, 0.717) is 5.91 Å². The van der Waals surface area contributed by atoms with Gasteiger partial charge in [-0.1, -0.05) is 34.6 Å². The second-order valence-corrected chi connectivity index (χ2v) is 11.5. The van der Waals surface area contributed by atoms with Gasteiger partial charge in [-0.25, -0.2) is 0 Å². The molecular formula is C21H35NO. The first-order valence-electron chi connectivity index (χ1n) is 9.85. The van der Waals surface area contributed by atoms with Gasteiger partial charge in [0, 0.05) is 5.54 Å². The summed E-state index contributed by atoms with van der Waals surface area (Å²) in [5.41, 5.74) is 0.434. The van der Waals surface area contributed by atoms with Crippen molar-refractivity contribution in [2.45, 2.75) is 91.5 Å². The van der Waals surface area contributed by atoms with Crippen molar-refractivity contribution in [2.24, 2.45) is 34.0 Å². The summed E-state index contributed by atoms with van der Waals surface area (Å²) >= 11 is 0. The van der Waals surface area contributed by atoms with Crippen LogP contribution >= 0.6 is 0 Å². The predicted molar refractivity (Wildman–Crippen MR) is 93.9 cm³/mol. The number of rotatable bonds is 3. The summed E-state index contributed by atoms with van der Waals surface area (Å²) in [4.78, 5) is 13.4. The molecule has 5 saturated carbocycles. The minimum atomic E-state index is -0.116. The Hall–Kier alpha value is -0.530. The monoisotopic (exact) mass is 317 g/mol. The molecule has 130 valence electrons. The number of carbonyl (C=O) groups excluding carboxylic acids is 1. The molecule has 0 aromatic carbocycles. The van der Waals surface area contributed by atoms with Crippen LogP contribution in [-0.4, -0.2) is 11.4 Å². The van der Waals surface area contributed by atoms with Gasteiger partial charge in [-0.3, -0.25) is 4.79 Å². The molecule has 5 aliphatic carbocycles. The minimum Gasteiger partial charge on any atom is -0.350 e. The molecule has 0 aromatic rings. The summed E-state index contributed by atoms with van der Waals surface area (Å²) in [7, 11) is 0. The Kier molecular flexibility index (Phi) is 3.16. The summed E-state index contributed by atoms with van der Waals surface area (Å²) in [6.07, 6.45) is 10.2. The van der Waals surface area contributed by atoms with E-state index in [2.05, 4.69) is 39.9 Å². The number of hydrogen-bond acceptors (Lipinski definition) is 1. The Morgan fingerprint density at radius 1 is 1.00 bits per heavy atom. The van der Waals surface area contributed by atoms with Crippen LogP contribution in [0.4, 0.5) is 0 Å². The van der Waals surface area contributed by atoms with Gasteiger partial charge in [-0.2, -0.15) is 0 Å². The molecule has 5 fully saturated rings. The molecule has 1 atom stereocenters. The van der Waals surface area contributed by atoms with Crippen LogP contribution in [0.1, 0.15) is 86.0 Å². The summed E-state index contributed by atoms with van der Waals surface area (Å²) in [6, 6.07) is 0. The van der Waals surface area contributed by atoms with Gasteiger partial charge in [0.25, 0.3) is 0 Å². The highest BCUT2D eigenvalue weighted by molar-refractivity contribution is 5.87. The number of nitrogens with one attached hydrogen (secondary N) is 1. The van der Waals surface area contributed by atoms with Crippen LogP contribution in [0, 0.1) is 34.0 Å². The maximum Gasteiger partial charge on any atom is 0.227 e. The van der Waals surface area contributed by atoms with E-state index < -0.39 is 0 Å². The average Bonchev–Trinajstić information content (AvgIpc) is 2.86. The van der Waals surface area contributed by atoms with E-state index in [1.54, 1.807) is 0 Å². The van der Waals surface area contributed by atoms with Crippen molar-refractivity contribution >= 4 is 5.91 Å². The third-order valence-electron chi connectivity index (χ3n) is 7.60. The molecule has 0 heterocycles. The van der Waals surface area contributed by atoms with Gasteiger partial charge in [0.1, 0.15) is 0 Å². The van der Waals surface area contributed by atoms with Crippen LogP contribution in [0.3, 0.4) is 0 Å². The Morgan fingerprint density at radius 2 is 1.43 bits per heavy atom. The molecular weight excluding hydrogens is 282 g/mol. The fourth-order valence-electron chi connectivity index (χ4n) is 7.01. The lowest BCUT2D eigenvalue weighted by Gasteiger charge is -2.57. The van der Waals surface area contributed by atoms with Crippen molar-refractivity contribution in [3.63, 3.8) is 0 Å². The second kappa shape index (κ2) is 4.55. The van der Waals surface area contributed by atoms with Gasteiger partial charge in [0.15, 0.2) is 0 Å². The fourth-order valence-corrected chi connectivity index (χ4v) is 7.01. The van der Waals surface area contributed by atoms with Gasteiger partial charge in [-0.15, -0.1) is 0 Å². The quantitative estimate of drug-likeness (QED) is 0.786. The third-order valence-corrected chi connectivity index (χ3v) is 7.60. The van der Waals surface area contributed by atoms with E-state index >= 15 is 0 Å². The molecule has 0 aliphatic heterocycles. The van der Waals surface area contributed by atoms with Gasteiger partial charge in [-0.05, 0) is 80.0 Å². The van der Waals surface area contributed by atoms with Crippen molar-refractivity contribution in [2.75, 3.05) is 0 Å². The van der Waals surface area contributed by atoms with Crippen molar-refractivity contribution in [1.29, 1.82) is 0 Å². The van der Waals surface area contributed by atoms with Crippen LogP contribution in [-0.2, 0) is 4.79 Å². The SMILES string of the molecule is CC(C)(C)CC1(C(=O)NC23CC4CC(CC(C4)C2)C3)CC1(C)C. The zero-order valence-corrected chi connectivity index (χ0v) is 15.8. The smallest absolute Gasteiger partial charge is 0.227 e. The second-order valence-electron chi connectivity index (χ2n) is 11.5. The standard InChI is InChI=1S/C21H35NO/c1-18(2,3)12-21(13-19(21,4)5)17(23)22-20-9-14-6-15(10-20)8-16(7-14)11-20/h14-16H,6-13H2,1-5H3,(H,22,23). The van der Waals surface area contributed by atoms with Crippen LogP contribution < -0.4 is 5.32 Å². The molecule has 2 heteroatoms. The van der Waals surface area contributed by atoms with E-state index in [0.717, 1.165) is 30.6 Å². The maximum absolute atomic E-state index is 13.4. The fraction of sp³-hybridized carbons (Fsp3) is 0.952.